The zero-order chi connectivity index (χ0) is 19.8. The molecule has 0 fully saturated rings. The lowest BCUT2D eigenvalue weighted by atomic mass is 9.95. The van der Waals surface area contributed by atoms with Gasteiger partial charge in [-0.3, -0.25) is 4.79 Å². The highest BCUT2D eigenvalue weighted by molar-refractivity contribution is 5.93. The van der Waals surface area contributed by atoms with Crippen LogP contribution in [0.5, 0.6) is 0 Å². The molecule has 2 aromatic rings. The smallest absolute Gasteiger partial charge is 0.146 e. The molecule has 1 heterocycles. The summed E-state index contributed by atoms with van der Waals surface area (Å²) in [6.45, 7) is 4.14. The van der Waals surface area contributed by atoms with Gasteiger partial charge in [0.1, 0.15) is 17.3 Å². The lowest BCUT2D eigenvalue weighted by Gasteiger charge is -2.19. The van der Waals surface area contributed by atoms with Crippen LogP contribution in [0.4, 0.5) is 0 Å². The summed E-state index contributed by atoms with van der Waals surface area (Å²) in [5.41, 5.74) is 6.49. The van der Waals surface area contributed by atoms with Crippen molar-refractivity contribution in [3.8, 4) is 0 Å². The van der Waals surface area contributed by atoms with Gasteiger partial charge >= 0.3 is 0 Å². The van der Waals surface area contributed by atoms with Gasteiger partial charge in [-0.05, 0) is 24.5 Å². The summed E-state index contributed by atoms with van der Waals surface area (Å²) in [6, 6.07) is 20.4. The van der Waals surface area contributed by atoms with Crippen LogP contribution in [-0.4, -0.2) is 5.78 Å². The minimum absolute atomic E-state index is 0.0594. The first-order valence-electron chi connectivity index (χ1n) is 10.2. The topological polar surface area (TPSA) is 26.3 Å². The zero-order valence-electron chi connectivity index (χ0n) is 16.8. The third kappa shape index (κ3) is 5.12. The lowest BCUT2D eigenvalue weighted by molar-refractivity contribution is -0.122. The van der Waals surface area contributed by atoms with E-state index in [-0.39, 0.29) is 5.92 Å². The second-order valence-corrected chi connectivity index (χ2v) is 7.30. The highest BCUT2D eigenvalue weighted by Crippen LogP contribution is 2.34. The normalized spacial score (nSPS) is 14.4. The summed E-state index contributed by atoms with van der Waals surface area (Å²) < 4.78 is 6.29. The molecule has 28 heavy (non-hydrogen) atoms. The van der Waals surface area contributed by atoms with Crippen molar-refractivity contribution in [1.29, 1.82) is 0 Å². The molecule has 0 amide bonds. The molecule has 0 N–H and O–H groups in total. The number of benzene rings is 2. The number of ketones is 1. The van der Waals surface area contributed by atoms with Gasteiger partial charge in [-0.15, -0.1) is 0 Å². The Balaban J connectivity index is 1.78. The van der Waals surface area contributed by atoms with Crippen LogP contribution in [0.15, 0.2) is 78.2 Å². The fraction of sp³-hybridized carbons (Fsp3) is 0.308. The maximum atomic E-state index is 12.2. The van der Waals surface area contributed by atoms with Gasteiger partial charge in [-0.1, -0.05) is 86.7 Å². The number of hydrogen-bond donors (Lipinski definition) is 0. The molecule has 0 aliphatic carbocycles. The Morgan fingerprint density at radius 3 is 2.29 bits per heavy atom. The van der Waals surface area contributed by atoms with Crippen molar-refractivity contribution in [3.05, 3.63) is 89.4 Å². The number of unbranched alkanes of at least 4 members (excludes halogenated alkanes) is 1. The van der Waals surface area contributed by atoms with Crippen LogP contribution in [0.1, 0.15) is 57.1 Å². The van der Waals surface area contributed by atoms with Crippen molar-refractivity contribution in [1.82, 2.24) is 0 Å². The maximum absolute atomic E-state index is 12.2. The number of rotatable bonds is 9. The summed E-state index contributed by atoms with van der Waals surface area (Å²) in [6.07, 6.45) is 6.24. The Labute approximate surface area is 168 Å². The van der Waals surface area contributed by atoms with E-state index >= 15 is 0 Å². The van der Waals surface area contributed by atoms with E-state index in [1.807, 2.05) is 49.4 Å². The van der Waals surface area contributed by atoms with E-state index in [0.717, 1.165) is 47.5 Å². The molecule has 0 bridgehead atoms. The van der Waals surface area contributed by atoms with Crippen LogP contribution in [-0.2, 0) is 9.53 Å². The molecule has 0 aromatic heterocycles. The lowest BCUT2D eigenvalue weighted by Crippen LogP contribution is -2.11. The molecule has 0 saturated carbocycles. The Morgan fingerprint density at radius 1 is 1.00 bits per heavy atom. The average Bonchev–Trinajstić information content (AvgIpc) is 2.76. The second-order valence-electron chi connectivity index (χ2n) is 7.30. The van der Waals surface area contributed by atoms with Gasteiger partial charge in [0.25, 0.3) is 0 Å². The minimum Gasteiger partial charge on any atom is -0.452 e. The van der Waals surface area contributed by atoms with Crippen molar-refractivity contribution in [2.24, 2.45) is 5.92 Å². The van der Waals surface area contributed by atoms with Crippen molar-refractivity contribution >= 4 is 17.1 Å². The molecule has 1 aliphatic rings. The van der Waals surface area contributed by atoms with Gasteiger partial charge in [0.2, 0.25) is 0 Å². The zero-order valence-corrected chi connectivity index (χ0v) is 16.8. The Bertz CT molecular complexity index is 885. The molecular formula is C26H28O2. The fourth-order valence-electron chi connectivity index (χ4n) is 3.29. The first-order chi connectivity index (χ1) is 13.7. The molecule has 0 saturated heterocycles. The average molecular weight is 373 g/mol. The second kappa shape index (κ2) is 9.92. The van der Waals surface area contributed by atoms with Gasteiger partial charge < -0.3 is 4.74 Å². The fourth-order valence-corrected chi connectivity index (χ4v) is 3.29. The molecule has 0 radical (unpaired) electrons. The molecule has 1 unspecified atom stereocenters. The third-order valence-corrected chi connectivity index (χ3v) is 5.10. The van der Waals surface area contributed by atoms with Crippen LogP contribution >= 0.6 is 0 Å². The number of ether oxygens (including phenoxy) is 1. The summed E-state index contributed by atoms with van der Waals surface area (Å²) >= 11 is 0. The van der Waals surface area contributed by atoms with Crippen molar-refractivity contribution in [2.75, 3.05) is 0 Å². The monoisotopic (exact) mass is 372 g/mol. The van der Waals surface area contributed by atoms with Crippen molar-refractivity contribution < 1.29 is 9.53 Å². The third-order valence-electron chi connectivity index (χ3n) is 5.10. The van der Waals surface area contributed by atoms with E-state index < -0.39 is 0 Å². The van der Waals surface area contributed by atoms with Crippen LogP contribution in [0, 0.1) is 5.92 Å². The number of allylic oxidation sites excluding steroid dienone is 2. The SMILES string of the molecule is CCCCC(=O)C(C)CCC1=C=CC(c2ccccc2)=C(c2ccccc2)O1. The van der Waals surface area contributed by atoms with Crippen LogP contribution in [0.3, 0.4) is 0 Å². The van der Waals surface area contributed by atoms with Gasteiger partial charge in [0.05, 0.1) is 0 Å². The summed E-state index contributed by atoms with van der Waals surface area (Å²) in [4.78, 5) is 12.2. The summed E-state index contributed by atoms with van der Waals surface area (Å²) in [5.74, 6) is 2.06. The number of Topliss-reactive ketones (excluding diaryl/α,β-unsaturated/α-hetero) is 1. The number of carbonyl (C=O) groups excluding carboxylic acids is 1. The number of hydrogen-bond acceptors (Lipinski definition) is 2. The Morgan fingerprint density at radius 2 is 1.64 bits per heavy atom. The highest BCUT2D eigenvalue weighted by atomic mass is 16.5. The maximum Gasteiger partial charge on any atom is 0.146 e. The Kier molecular flexibility index (Phi) is 7.06. The summed E-state index contributed by atoms with van der Waals surface area (Å²) in [7, 11) is 0. The molecule has 144 valence electrons. The largest absolute Gasteiger partial charge is 0.452 e. The standard InChI is InChI=1S/C26H28O2/c1-3-4-15-25(27)20(2)16-17-23-18-19-24(21-11-7-5-8-12-21)26(28-23)22-13-9-6-10-14-22/h5-14,19-20H,3-4,15-17H2,1-2H3. The highest BCUT2D eigenvalue weighted by Gasteiger charge is 2.19. The van der Waals surface area contributed by atoms with Crippen LogP contribution in [0.25, 0.3) is 11.3 Å². The van der Waals surface area contributed by atoms with Crippen LogP contribution < -0.4 is 0 Å². The first-order valence-corrected chi connectivity index (χ1v) is 10.2. The summed E-state index contributed by atoms with van der Waals surface area (Å²) in [5, 5.41) is 0. The Hall–Kier alpha value is -2.83. The van der Waals surface area contributed by atoms with Crippen molar-refractivity contribution in [3.63, 3.8) is 0 Å². The van der Waals surface area contributed by atoms with Crippen molar-refractivity contribution in [2.45, 2.75) is 46.0 Å². The molecule has 1 atom stereocenters. The van der Waals surface area contributed by atoms with Crippen LogP contribution in [0.2, 0.25) is 0 Å². The van der Waals surface area contributed by atoms with E-state index in [9.17, 15) is 4.79 Å². The molecule has 2 heteroatoms. The molecular weight excluding hydrogens is 344 g/mol. The quantitative estimate of drug-likeness (QED) is 0.452. The van der Waals surface area contributed by atoms with E-state index in [0.29, 0.717) is 18.6 Å². The van der Waals surface area contributed by atoms with E-state index in [4.69, 9.17) is 4.74 Å². The predicted octanol–water partition coefficient (Wildman–Crippen LogP) is 6.80. The van der Waals surface area contributed by atoms with Gasteiger partial charge in [0.15, 0.2) is 0 Å². The van der Waals surface area contributed by atoms with E-state index in [2.05, 4.69) is 36.9 Å². The molecule has 0 spiro atoms. The molecule has 3 rings (SSSR count). The molecule has 1 aliphatic heterocycles. The van der Waals surface area contributed by atoms with Gasteiger partial charge in [-0.25, -0.2) is 0 Å². The van der Waals surface area contributed by atoms with E-state index in [1.54, 1.807) is 0 Å². The van der Waals surface area contributed by atoms with Gasteiger partial charge in [-0.2, -0.15) is 0 Å². The first kappa shape index (κ1) is 19.9. The van der Waals surface area contributed by atoms with Gasteiger partial charge in [0, 0.05) is 29.9 Å². The minimum atomic E-state index is 0.0594. The molecule has 2 nitrogen and oxygen atoms in total. The number of carbonyl (C=O) groups is 1. The molecule has 2 aromatic carbocycles. The predicted molar refractivity (Wildman–Crippen MR) is 115 cm³/mol. The van der Waals surface area contributed by atoms with E-state index in [1.165, 1.54) is 0 Å².